The van der Waals surface area contributed by atoms with E-state index in [1.165, 1.54) is 13.5 Å². The molecule has 3 rings (SSSR count). The first kappa shape index (κ1) is 18.9. The van der Waals surface area contributed by atoms with Crippen LogP contribution in [-0.2, 0) is 6.18 Å². The van der Waals surface area contributed by atoms with Gasteiger partial charge in [0.15, 0.2) is 5.69 Å². The molecule has 26 heavy (non-hydrogen) atoms. The molecule has 6 nitrogen and oxygen atoms in total. The Balaban J connectivity index is 1.76. The molecule has 0 aromatic carbocycles. The predicted molar refractivity (Wildman–Crippen MR) is 91.0 cm³/mol. The molecule has 144 valence electrons. The van der Waals surface area contributed by atoms with E-state index >= 15 is 0 Å². The van der Waals surface area contributed by atoms with E-state index in [0.717, 1.165) is 32.1 Å². The molecule has 2 aliphatic rings. The predicted octanol–water partition coefficient (Wildman–Crippen LogP) is 2.17. The number of aromatic nitrogens is 2. The lowest BCUT2D eigenvalue weighted by Gasteiger charge is -2.38. The van der Waals surface area contributed by atoms with Crippen molar-refractivity contribution in [2.75, 3.05) is 38.1 Å². The van der Waals surface area contributed by atoms with Crippen LogP contribution in [0.5, 0.6) is 0 Å². The summed E-state index contributed by atoms with van der Waals surface area (Å²) in [6, 6.07) is 0.427. The minimum absolute atomic E-state index is 0.0432. The molecule has 0 radical (unpaired) electrons. The largest absolute Gasteiger partial charge is 0.435 e. The summed E-state index contributed by atoms with van der Waals surface area (Å²) in [4.78, 5) is 23.0. The number of hydrogen-bond acceptors (Lipinski definition) is 5. The molecule has 3 heterocycles. The van der Waals surface area contributed by atoms with Gasteiger partial charge in [-0.05, 0) is 31.7 Å². The third-order valence-electron chi connectivity index (χ3n) is 5.24. The number of anilines is 1. The quantitative estimate of drug-likeness (QED) is 0.882. The van der Waals surface area contributed by atoms with Crippen LogP contribution in [0, 0.1) is 5.92 Å². The zero-order valence-corrected chi connectivity index (χ0v) is 15.0. The second-order valence-corrected chi connectivity index (χ2v) is 7.11. The van der Waals surface area contributed by atoms with Gasteiger partial charge < -0.3 is 10.2 Å². The number of nitrogens with zero attached hydrogens (tertiary/aromatic N) is 4. The third-order valence-corrected chi connectivity index (χ3v) is 5.24. The van der Waals surface area contributed by atoms with Crippen molar-refractivity contribution in [1.29, 1.82) is 0 Å². The summed E-state index contributed by atoms with van der Waals surface area (Å²) in [7, 11) is 1.33. The minimum atomic E-state index is -4.64. The second kappa shape index (κ2) is 7.38. The van der Waals surface area contributed by atoms with Crippen LogP contribution in [0.4, 0.5) is 18.9 Å². The fraction of sp³-hybridized carbons (Fsp3) is 0.706. The Hall–Kier alpha value is -1.90. The number of likely N-dealkylation sites (tertiary alicyclic amines) is 1. The zero-order chi connectivity index (χ0) is 18.9. The van der Waals surface area contributed by atoms with Crippen molar-refractivity contribution in [2.45, 2.75) is 38.4 Å². The highest BCUT2D eigenvalue weighted by atomic mass is 19.4. The van der Waals surface area contributed by atoms with E-state index in [2.05, 4.69) is 27.1 Å². The Morgan fingerprint density at radius 1 is 1.23 bits per heavy atom. The molecule has 1 aromatic heterocycles. The van der Waals surface area contributed by atoms with Crippen LogP contribution in [0.3, 0.4) is 0 Å². The van der Waals surface area contributed by atoms with Crippen LogP contribution in [0.1, 0.15) is 42.5 Å². The van der Waals surface area contributed by atoms with Gasteiger partial charge in [-0.2, -0.15) is 13.2 Å². The van der Waals surface area contributed by atoms with E-state index in [4.69, 9.17) is 0 Å². The number of alkyl halides is 3. The van der Waals surface area contributed by atoms with E-state index in [-0.39, 0.29) is 5.69 Å². The Kier molecular flexibility index (Phi) is 5.36. The number of halogens is 3. The maximum atomic E-state index is 13.5. The number of nitrogens with one attached hydrogen (secondary N) is 1. The summed E-state index contributed by atoms with van der Waals surface area (Å²) in [5.74, 6) is -0.510. The molecule has 2 fully saturated rings. The van der Waals surface area contributed by atoms with Crippen LogP contribution < -0.4 is 10.2 Å². The smallest absolute Gasteiger partial charge is 0.368 e. The monoisotopic (exact) mass is 371 g/mol. The van der Waals surface area contributed by atoms with Gasteiger partial charge in [-0.1, -0.05) is 6.92 Å². The lowest BCUT2D eigenvalue weighted by Crippen LogP contribution is -2.44. The van der Waals surface area contributed by atoms with Crippen LogP contribution in [0.25, 0.3) is 0 Å². The number of carbonyl (C=O) groups excluding carboxylic acids is 1. The second-order valence-electron chi connectivity index (χ2n) is 7.11. The van der Waals surface area contributed by atoms with E-state index in [0.29, 0.717) is 25.0 Å². The number of amides is 1. The van der Waals surface area contributed by atoms with Gasteiger partial charge in [0.25, 0.3) is 5.91 Å². The highest BCUT2D eigenvalue weighted by molar-refractivity contribution is 5.90. The van der Waals surface area contributed by atoms with E-state index < -0.39 is 23.6 Å². The van der Waals surface area contributed by atoms with Crippen molar-refractivity contribution >= 4 is 11.6 Å². The molecule has 1 unspecified atom stereocenters. The normalized spacial score (nSPS) is 22.7. The van der Waals surface area contributed by atoms with Crippen molar-refractivity contribution in [3.05, 3.63) is 17.7 Å². The fourth-order valence-corrected chi connectivity index (χ4v) is 3.81. The van der Waals surface area contributed by atoms with Gasteiger partial charge in [-0.15, -0.1) is 0 Å². The number of piperidine rings is 1. The molecule has 2 saturated heterocycles. The molecule has 1 amide bonds. The average Bonchev–Trinajstić information content (AvgIpc) is 3.06. The average molecular weight is 371 g/mol. The van der Waals surface area contributed by atoms with Gasteiger partial charge in [0.1, 0.15) is 0 Å². The Morgan fingerprint density at radius 3 is 2.46 bits per heavy atom. The SMILES string of the molecule is CNC(=O)c1ncc(N2CCC(N3CCC(C)C3)CC2)c(C(F)(F)F)n1. The first-order valence-electron chi connectivity index (χ1n) is 8.95. The molecule has 9 heteroatoms. The van der Waals surface area contributed by atoms with Crippen molar-refractivity contribution in [3.63, 3.8) is 0 Å². The van der Waals surface area contributed by atoms with E-state index in [9.17, 15) is 18.0 Å². The van der Waals surface area contributed by atoms with Crippen LogP contribution in [0.2, 0.25) is 0 Å². The maximum absolute atomic E-state index is 13.5. The van der Waals surface area contributed by atoms with Crippen molar-refractivity contribution in [1.82, 2.24) is 20.2 Å². The first-order chi connectivity index (χ1) is 12.3. The summed E-state index contributed by atoms with van der Waals surface area (Å²) in [6.07, 6.45) is -0.684. The van der Waals surface area contributed by atoms with Gasteiger partial charge in [-0.3, -0.25) is 9.69 Å². The number of rotatable bonds is 3. The third kappa shape index (κ3) is 3.92. The Bertz CT molecular complexity index is 658. The molecular weight excluding hydrogens is 347 g/mol. The zero-order valence-electron chi connectivity index (χ0n) is 15.0. The van der Waals surface area contributed by atoms with Gasteiger partial charge in [0.2, 0.25) is 5.82 Å². The standard InChI is InChI=1S/C17H24F3N5O/c1-11-3-6-25(10-11)12-4-7-24(8-5-12)13-9-22-15(16(26)21-2)23-14(13)17(18,19)20/h9,11-12H,3-8,10H2,1-2H3,(H,21,26). The molecule has 1 N–H and O–H groups in total. The van der Waals surface area contributed by atoms with Gasteiger partial charge in [-0.25, -0.2) is 9.97 Å². The topological polar surface area (TPSA) is 61.4 Å². The lowest BCUT2D eigenvalue weighted by atomic mass is 10.0. The summed E-state index contributed by atoms with van der Waals surface area (Å²) in [5.41, 5.74) is -1.09. The minimum Gasteiger partial charge on any atom is -0.368 e. The molecule has 1 aromatic rings. The molecule has 0 saturated carbocycles. The van der Waals surface area contributed by atoms with Crippen molar-refractivity contribution in [2.24, 2.45) is 5.92 Å². The Morgan fingerprint density at radius 2 is 1.92 bits per heavy atom. The molecule has 0 aliphatic carbocycles. The number of hydrogen-bond donors (Lipinski definition) is 1. The highest BCUT2D eigenvalue weighted by Crippen LogP contribution is 2.36. The molecule has 1 atom stereocenters. The van der Waals surface area contributed by atoms with Crippen molar-refractivity contribution < 1.29 is 18.0 Å². The fourth-order valence-electron chi connectivity index (χ4n) is 3.81. The van der Waals surface area contributed by atoms with E-state index in [1.807, 2.05) is 0 Å². The van der Waals surface area contributed by atoms with Crippen LogP contribution >= 0.6 is 0 Å². The molecule has 2 aliphatic heterocycles. The lowest BCUT2D eigenvalue weighted by molar-refractivity contribution is -0.140. The molecular formula is C17H24F3N5O. The maximum Gasteiger partial charge on any atom is 0.435 e. The van der Waals surface area contributed by atoms with Gasteiger partial charge >= 0.3 is 6.18 Å². The summed E-state index contributed by atoms with van der Waals surface area (Å²) in [5, 5.41) is 2.25. The van der Waals surface area contributed by atoms with Gasteiger partial charge in [0.05, 0.1) is 11.9 Å². The van der Waals surface area contributed by atoms with Crippen LogP contribution in [-0.4, -0.2) is 60.0 Å². The Labute approximate surface area is 150 Å². The van der Waals surface area contributed by atoms with Gasteiger partial charge in [0, 0.05) is 32.7 Å². The van der Waals surface area contributed by atoms with E-state index in [1.54, 1.807) is 4.90 Å². The molecule has 0 spiro atoms. The number of carbonyl (C=O) groups is 1. The van der Waals surface area contributed by atoms with Crippen molar-refractivity contribution in [3.8, 4) is 0 Å². The summed E-state index contributed by atoms with van der Waals surface area (Å²) < 4.78 is 40.4. The highest BCUT2D eigenvalue weighted by Gasteiger charge is 2.39. The summed E-state index contributed by atoms with van der Waals surface area (Å²) >= 11 is 0. The van der Waals surface area contributed by atoms with Crippen LogP contribution in [0.15, 0.2) is 6.20 Å². The summed E-state index contributed by atoms with van der Waals surface area (Å²) in [6.45, 7) is 5.44. The molecule has 0 bridgehead atoms. The first-order valence-corrected chi connectivity index (χ1v) is 8.95.